The third kappa shape index (κ3) is 4.13. The molecule has 1 aromatic carbocycles. The molecule has 1 heterocycles. The van der Waals surface area contributed by atoms with E-state index in [0.717, 1.165) is 0 Å². The Hall–Kier alpha value is -1.76. The van der Waals surface area contributed by atoms with Crippen molar-refractivity contribution in [1.82, 2.24) is 4.90 Å². The van der Waals surface area contributed by atoms with Gasteiger partial charge in [0.2, 0.25) is 0 Å². The number of carboxylic acid groups (broad SMARTS) is 1. The molecule has 1 aliphatic heterocycles. The van der Waals surface area contributed by atoms with E-state index in [1.54, 1.807) is 25.1 Å². The summed E-state index contributed by atoms with van der Waals surface area (Å²) in [4.78, 5) is 13.1. The molecule has 1 N–H and O–H groups in total. The zero-order valence-corrected chi connectivity index (χ0v) is 12.2. The number of benzene rings is 1. The van der Waals surface area contributed by atoms with E-state index in [1.807, 2.05) is 4.90 Å². The third-order valence-electron chi connectivity index (χ3n) is 3.83. The van der Waals surface area contributed by atoms with Crippen LogP contribution in [0.1, 0.15) is 18.9 Å². The van der Waals surface area contributed by atoms with Crippen molar-refractivity contribution in [1.29, 1.82) is 0 Å². The minimum Gasteiger partial charge on any atom is -0.484 e. The number of carbonyl (C=O) groups is 1. The summed E-state index contributed by atoms with van der Waals surface area (Å²) in [5.41, 5.74) is -0.178. The summed E-state index contributed by atoms with van der Waals surface area (Å²) < 4.78 is 41.6. The van der Waals surface area contributed by atoms with Gasteiger partial charge in [0.25, 0.3) is 0 Å². The Kier molecular flexibility index (Phi) is 4.65. The summed E-state index contributed by atoms with van der Waals surface area (Å²) in [7, 11) is 0. The van der Waals surface area contributed by atoms with Crippen molar-refractivity contribution in [2.75, 3.05) is 19.7 Å². The quantitative estimate of drug-likeness (QED) is 0.907. The maximum absolute atomic E-state index is 12.3. The second kappa shape index (κ2) is 6.16. The van der Waals surface area contributed by atoms with Crippen LogP contribution in [0.3, 0.4) is 0 Å². The van der Waals surface area contributed by atoms with Crippen LogP contribution < -0.4 is 4.74 Å². The standard InChI is InChI=1S/C15H18F3NO3/c1-14(13(20)21)6-7-19(9-14)8-11-4-2-3-5-12(11)22-10-15(16,17)18/h2-5H,6-10H2,1H3,(H,20,21). The second-order valence-electron chi connectivity index (χ2n) is 5.84. The average molecular weight is 317 g/mol. The molecule has 1 aliphatic rings. The first kappa shape index (κ1) is 16.6. The predicted molar refractivity (Wildman–Crippen MR) is 73.6 cm³/mol. The molecular formula is C15H18F3NO3. The van der Waals surface area contributed by atoms with Gasteiger partial charge >= 0.3 is 12.1 Å². The van der Waals surface area contributed by atoms with Crippen LogP contribution >= 0.6 is 0 Å². The first-order valence-electron chi connectivity index (χ1n) is 6.93. The van der Waals surface area contributed by atoms with Gasteiger partial charge in [0.05, 0.1) is 5.41 Å². The Labute approximate surface area is 126 Å². The van der Waals surface area contributed by atoms with Crippen LogP contribution in [0.15, 0.2) is 24.3 Å². The van der Waals surface area contributed by atoms with E-state index in [0.29, 0.717) is 31.6 Å². The van der Waals surface area contributed by atoms with Gasteiger partial charge in [-0.2, -0.15) is 13.2 Å². The number of alkyl halides is 3. The number of para-hydroxylation sites is 1. The molecule has 2 rings (SSSR count). The highest BCUT2D eigenvalue weighted by Crippen LogP contribution is 2.32. The topological polar surface area (TPSA) is 49.8 Å². The molecule has 1 saturated heterocycles. The molecule has 0 radical (unpaired) electrons. The van der Waals surface area contributed by atoms with Crippen molar-refractivity contribution in [3.8, 4) is 5.75 Å². The fraction of sp³-hybridized carbons (Fsp3) is 0.533. The number of likely N-dealkylation sites (tertiary alicyclic amines) is 1. The fourth-order valence-electron chi connectivity index (χ4n) is 2.54. The van der Waals surface area contributed by atoms with Crippen LogP contribution in [0.5, 0.6) is 5.75 Å². The van der Waals surface area contributed by atoms with Gasteiger partial charge in [-0.05, 0) is 26.0 Å². The molecule has 1 unspecified atom stereocenters. The molecule has 1 atom stereocenters. The third-order valence-corrected chi connectivity index (χ3v) is 3.83. The summed E-state index contributed by atoms with van der Waals surface area (Å²) >= 11 is 0. The van der Waals surface area contributed by atoms with Gasteiger partial charge < -0.3 is 9.84 Å². The number of nitrogens with zero attached hydrogens (tertiary/aromatic N) is 1. The Morgan fingerprint density at radius 3 is 2.68 bits per heavy atom. The molecule has 0 spiro atoms. The van der Waals surface area contributed by atoms with Gasteiger partial charge in [0.1, 0.15) is 5.75 Å². The number of halogens is 3. The highest BCUT2D eigenvalue weighted by molar-refractivity contribution is 5.74. The second-order valence-corrected chi connectivity index (χ2v) is 5.84. The molecular weight excluding hydrogens is 299 g/mol. The van der Waals surface area contributed by atoms with Gasteiger partial charge in [0, 0.05) is 18.7 Å². The van der Waals surface area contributed by atoms with E-state index in [2.05, 4.69) is 0 Å². The van der Waals surface area contributed by atoms with Crippen molar-refractivity contribution in [3.63, 3.8) is 0 Å². The normalized spacial score (nSPS) is 22.7. The number of carboxylic acids is 1. The monoisotopic (exact) mass is 317 g/mol. The number of rotatable bonds is 5. The van der Waals surface area contributed by atoms with Crippen LogP contribution in [-0.4, -0.2) is 41.8 Å². The van der Waals surface area contributed by atoms with Crippen LogP contribution in [0.25, 0.3) is 0 Å². The minimum atomic E-state index is -4.39. The predicted octanol–water partition coefficient (Wildman–Crippen LogP) is 2.92. The highest BCUT2D eigenvalue weighted by atomic mass is 19.4. The summed E-state index contributed by atoms with van der Waals surface area (Å²) in [5.74, 6) is -0.666. The largest absolute Gasteiger partial charge is 0.484 e. The van der Waals surface area contributed by atoms with Crippen LogP contribution in [0, 0.1) is 5.41 Å². The Bertz CT molecular complexity index is 547. The van der Waals surface area contributed by atoms with E-state index >= 15 is 0 Å². The van der Waals surface area contributed by atoms with Gasteiger partial charge in [-0.3, -0.25) is 9.69 Å². The summed E-state index contributed by atoms with van der Waals surface area (Å²) in [6.07, 6.45) is -3.86. The van der Waals surface area contributed by atoms with E-state index in [-0.39, 0.29) is 5.75 Å². The Morgan fingerprint density at radius 2 is 2.09 bits per heavy atom. The lowest BCUT2D eigenvalue weighted by atomic mass is 9.90. The maximum Gasteiger partial charge on any atom is 0.422 e. The zero-order valence-electron chi connectivity index (χ0n) is 12.2. The van der Waals surface area contributed by atoms with Crippen molar-refractivity contribution in [2.45, 2.75) is 26.1 Å². The summed E-state index contributed by atoms with van der Waals surface area (Å²) in [5, 5.41) is 9.21. The zero-order chi connectivity index (χ0) is 16.4. The van der Waals surface area contributed by atoms with Gasteiger partial charge in [-0.15, -0.1) is 0 Å². The van der Waals surface area contributed by atoms with E-state index in [9.17, 15) is 23.1 Å². The Balaban J connectivity index is 2.03. The average Bonchev–Trinajstić information content (AvgIpc) is 2.80. The lowest BCUT2D eigenvalue weighted by molar-refractivity contribution is -0.153. The molecule has 0 aromatic heterocycles. The molecule has 122 valence electrons. The number of hydrogen-bond acceptors (Lipinski definition) is 3. The molecule has 0 saturated carbocycles. The van der Waals surface area contributed by atoms with Crippen LogP contribution in [0.2, 0.25) is 0 Å². The number of aliphatic carboxylic acids is 1. The lowest BCUT2D eigenvalue weighted by Crippen LogP contribution is -2.31. The number of ether oxygens (including phenoxy) is 1. The first-order valence-corrected chi connectivity index (χ1v) is 6.93. The molecule has 1 aromatic rings. The summed E-state index contributed by atoms with van der Waals surface area (Å²) in [6.45, 7) is 1.68. The molecule has 0 amide bonds. The van der Waals surface area contributed by atoms with Crippen LogP contribution in [-0.2, 0) is 11.3 Å². The molecule has 1 fully saturated rings. The van der Waals surface area contributed by atoms with Crippen molar-refractivity contribution < 1.29 is 27.8 Å². The fourth-order valence-corrected chi connectivity index (χ4v) is 2.54. The SMILES string of the molecule is CC1(C(=O)O)CCN(Cc2ccccc2OCC(F)(F)F)C1. The minimum absolute atomic E-state index is 0.184. The smallest absolute Gasteiger partial charge is 0.422 e. The molecule has 7 heteroatoms. The van der Waals surface area contributed by atoms with Gasteiger partial charge in [0.15, 0.2) is 6.61 Å². The van der Waals surface area contributed by atoms with Gasteiger partial charge in [-0.1, -0.05) is 18.2 Å². The molecule has 4 nitrogen and oxygen atoms in total. The van der Waals surface area contributed by atoms with Crippen molar-refractivity contribution >= 4 is 5.97 Å². The Morgan fingerprint density at radius 1 is 1.41 bits per heavy atom. The lowest BCUT2D eigenvalue weighted by Gasteiger charge is -2.21. The van der Waals surface area contributed by atoms with Crippen LogP contribution in [0.4, 0.5) is 13.2 Å². The summed E-state index contributed by atoms with van der Waals surface area (Å²) in [6, 6.07) is 6.53. The number of hydrogen-bond donors (Lipinski definition) is 1. The highest BCUT2D eigenvalue weighted by Gasteiger charge is 2.40. The first-order chi connectivity index (χ1) is 10.2. The van der Waals surface area contributed by atoms with E-state index in [4.69, 9.17) is 4.74 Å². The molecule has 0 aliphatic carbocycles. The molecule has 22 heavy (non-hydrogen) atoms. The van der Waals surface area contributed by atoms with E-state index < -0.39 is 24.2 Å². The van der Waals surface area contributed by atoms with Crippen molar-refractivity contribution in [2.24, 2.45) is 5.41 Å². The molecule has 0 bridgehead atoms. The maximum atomic E-state index is 12.3. The van der Waals surface area contributed by atoms with Gasteiger partial charge in [-0.25, -0.2) is 0 Å². The van der Waals surface area contributed by atoms with E-state index in [1.165, 1.54) is 6.07 Å². The van der Waals surface area contributed by atoms with Crippen molar-refractivity contribution in [3.05, 3.63) is 29.8 Å².